The molecule has 0 radical (unpaired) electrons. The zero-order chi connectivity index (χ0) is 9.14. The molecule has 2 nitrogen and oxygen atoms in total. The third kappa shape index (κ3) is 1.99. The number of rotatable bonds is 2. The van der Waals surface area contributed by atoms with Gasteiger partial charge in [-0.3, -0.25) is 4.99 Å². The molecule has 0 aliphatic heterocycles. The summed E-state index contributed by atoms with van der Waals surface area (Å²) in [5.74, 6) is 2.36. The Balaban J connectivity index is 2.54. The summed E-state index contributed by atoms with van der Waals surface area (Å²) >= 11 is 0. The van der Waals surface area contributed by atoms with Crippen molar-refractivity contribution in [3.8, 4) is 0 Å². The number of hydrogen-bond acceptors (Lipinski definition) is 1. The van der Waals surface area contributed by atoms with Gasteiger partial charge < -0.3 is 5.73 Å². The molecular formula is C10H20N2. The average Bonchev–Trinajstić information content (AvgIpc) is 2.36. The van der Waals surface area contributed by atoms with E-state index >= 15 is 0 Å². The highest BCUT2D eigenvalue weighted by Crippen LogP contribution is 2.33. The number of amidine groups is 1. The Morgan fingerprint density at radius 2 is 2.08 bits per heavy atom. The van der Waals surface area contributed by atoms with E-state index in [0.29, 0.717) is 6.04 Å². The third-order valence-electron chi connectivity index (χ3n) is 3.12. The van der Waals surface area contributed by atoms with Gasteiger partial charge >= 0.3 is 0 Å². The molecule has 1 fully saturated rings. The summed E-state index contributed by atoms with van der Waals surface area (Å²) < 4.78 is 0. The van der Waals surface area contributed by atoms with E-state index in [-0.39, 0.29) is 0 Å². The monoisotopic (exact) mass is 168 g/mol. The lowest BCUT2D eigenvalue weighted by Crippen LogP contribution is -2.18. The predicted molar refractivity (Wildman–Crippen MR) is 53.3 cm³/mol. The quantitative estimate of drug-likeness (QED) is 0.498. The van der Waals surface area contributed by atoms with Crippen LogP contribution in [0, 0.1) is 11.8 Å². The minimum absolute atomic E-state index is 0.500. The summed E-state index contributed by atoms with van der Waals surface area (Å²) in [5, 5.41) is 0. The fourth-order valence-corrected chi connectivity index (χ4v) is 1.83. The summed E-state index contributed by atoms with van der Waals surface area (Å²) in [6, 6.07) is 0.500. The van der Waals surface area contributed by atoms with Gasteiger partial charge in [0.2, 0.25) is 0 Å². The lowest BCUT2D eigenvalue weighted by atomic mass is 9.98. The minimum Gasteiger partial charge on any atom is -0.387 e. The highest BCUT2D eigenvalue weighted by molar-refractivity contribution is 5.80. The van der Waals surface area contributed by atoms with Crippen molar-refractivity contribution in [2.45, 2.75) is 46.1 Å². The average molecular weight is 168 g/mol. The van der Waals surface area contributed by atoms with Crippen LogP contribution >= 0.6 is 0 Å². The summed E-state index contributed by atoms with van der Waals surface area (Å²) in [6.45, 7) is 6.65. The SMILES string of the molecule is CCC(N)=NC1CCC(C)C1C. The van der Waals surface area contributed by atoms with Crippen LogP contribution in [0.5, 0.6) is 0 Å². The van der Waals surface area contributed by atoms with Crippen molar-refractivity contribution in [2.24, 2.45) is 22.6 Å². The molecule has 12 heavy (non-hydrogen) atoms. The van der Waals surface area contributed by atoms with Gasteiger partial charge in [-0.25, -0.2) is 0 Å². The van der Waals surface area contributed by atoms with Gasteiger partial charge in [-0.05, 0) is 24.7 Å². The van der Waals surface area contributed by atoms with E-state index in [0.717, 1.165) is 24.1 Å². The van der Waals surface area contributed by atoms with E-state index in [1.807, 2.05) is 0 Å². The molecule has 0 aromatic carbocycles. The summed E-state index contributed by atoms with van der Waals surface area (Å²) in [5.41, 5.74) is 5.71. The topological polar surface area (TPSA) is 38.4 Å². The molecule has 2 heteroatoms. The zero-order valence-electron chi connectivity index (χ0n) is 8.38. The van der Waals surface area contributed by atoms with Gasteiger partial charge in [-0.15, -0.1) is 0 Å². The van der Waals surface area contributed by atoms with Gasteiger partial charge in [0.15, 0.2) is 0 Å². The standard InChI is InChI=1S/C10H20N2/c1-4-10(11)12-9-6-5-7(2)8(9)3/h7-9H,4-6H2,1-3H3,(H2,11,12). The Hall–Kier alpha value is -0.530. The molecule has 0 aromatic heterocycles. The van der Waals surface area contributed by atoms with Crippen LogP contribution < -0.4 is 5.73 Å². The van der Waals surface area contributed by atoms with E-state index in [2.05, 4.69) is 25.8 Å². The van der Waals surface area contributed by atoms with Crippen LogP contribution in [0.1, 0.15) is 40.0 Å². The first kappa shape index (κ1) is 9.56. The molecule has 0 bridgehead atoms. The van der Waals surface area contributed by atoms with E-state index < -0.39 is 0 Å². The van der Waals surface area contributed by atoms with Crippen molar-refractivity contribution in [3.63, 3.8) is 0 Å². The van der Waals surface area contributed by atoms with Crippen molar-refractivity contribution in [1.29, 1.82) is 0 Å². The lowest BCUT2D eigenvalue weighted by Gasteiger charge is -2.14. The highest BCUT2D eigenvalue weighted by Gasteiger charge is 2.29. The van der Waals surface area contributed by atoms with Crippen molar-refractivity contribution < 1.29 is 0 Å². The van der Waals surface area contributed by atoms with E-state index in [1.165, 1.54) is 12.8 Å². The number of nitrogens with zero attached hydrogens (tertiary/aromatic N) is 1. The first-order valence-corrected chi connectivity index (χ1v) is 4.97. The first-order valence-electron chi connectivity index (χ1n) is 4.97. The van der Waals surface area contributed by atoms with Crippen molar-refractivity contribution in [3.05, 3.63) is 0 Å². The van der Waals surface area contributed by atoms with Crippen LogP contribution in [0.3, 0.4) is 0 Å². The van der Waals surface area contributed by atoms with Gasteiger partial charge in [0.05, 0.1) is 11.9 Å². The van der Waals surface area contributed by atoms with E-state index in [4.69, 9.17) is 5.73 Å². The molecule has 2 N–H and O–H groups in total. The molecular weight excluding hydrogens is 148 g/mol. The van der Waals surface area contributed by atoms with Crippen LogP contribution in [0.4, 0.5) is 0 Å². The van der Waals surface area contributed by atoms with E-state index in [1.54, 1.807) is 0 Å². The van der Waals surface area contributed by atoms with Gasteiger partial charge in [0.25, 0.3) is 0 Å². The van der Waals surface area contributed by atoms with Crippen LogP contribution in [0.2, 0.25) is 0 Å². The van der Waals surface area contributed by atoms with Crippen LogP contribution in [-0.2, 0) is 0 Å². The maximum absolute atomic E-state index is 5.71. The molecule has 0 saturated heterocycles. The van der Waals surface area contributed by atoms with Gasteiger partial charge in [-0.1, -0.05) is 20.8 Å². The van der Waals surface area contributed by atoms with Gasteiger partial charge in [0, 0.05) is 6.42 Å². The Bertz CT molecular complexity index is 175. The fraction of sp³-hybridized carbons (Fsp3) is 0.900. The summed E-state index contributed by atoms with van der Waals surface area (Å²) in [4.78, 5) is 4.52. The first-order chi connectivity index (χ1) is 5.65. The number of hydrogen-bond donors (Lipinski definition) is 1. The van der Waals surface area contributed by atoms with Crippen molar-refractivity contribution in [2.75, 3.05) is 0 Å². The molecule has 3 unspecified atom stereocenters. The largest absolute Gasteiger partial charge is 0.387 e. The maximum Gasteiger partial charge on any atom is 0.0937 e. The van der Waals surface area contributed by atoms with Gasteiger partial charge in [-0.2, -0.15) is 0 Å². The zero-order valence-corrected chi connectivity index (χ0v) is 8.38. The summed E-state index contributed by atoms with van der Waals surface area (Å²) in [6.07, 6.45) is 3.42. The second kappa shape index (κ2) is 3.92. The predicted octanol–water partition coefficient (Wildman–Crippen LogP) is 2.19. The molecule has 70 valence electrons. The molecule has 1 aliphatic rings. The molecule has 1 aliphatic carbocycles. The second-order valence-electron chi connectivity index (χ2n) is 3.96. The Morgan fingerprint density at radius 3 is 2.50 bits per heavy atom. The van der Waals surface area contributed by atoms with Crippen LogP contribution in [0.15, 0.2) is 4.99 Å². The Kier molecular flexibility index (Phi) is 3.12. The Morgan fingerprint density at radius 1 is 1.42 bits per heavy atom. The molecule has 0 spiro atoms. The third-order valence-corrected chi connectivity index (χ3v) is 3.12. The normalized spacial score (nSPS) is 37.2. The maximum atomic E-state index is 5.71. The molecule has 1 rings (SSSR count). The molecule has 3 atom stereocenters. The second-order valence-corrected chi connectivity index (χ2v) is 3.96. The fourth-order valence-electron chi connectivity index (χ4n) is 1.83. The lowest BCUT2D eigenvalue weighted by molar-refractivity contribution is 0.423. The smallest absolute Gasteiger partial charge is 0.0937 e. The van der Waals surface area contributed by atoms with Crippen molar-refractivity contribution in [1.82, 2.24) is 0 Å². The molecule has 0 heterocycles. The summed E-state index contributed by atoms with van der Waals surface area (Å²) in [7, 11) is 0. The van der Waals surface area contributed by atoms with Crippen LogP contribution in [0.25, 0.3) is 0 Å². The molecule has 1 saturated carbocycles. The number of nitrogens with two attached hydrogens (primary N) is 1. The van der Waals surface area contributed by atoms with Crippen molar-refractivity contribution >= 4 is 5.84 Å². The molecule has 0 amide bonds. The Labute approximate surface area is 75.3 Å². The van der Waals surface area contributed by atoms with Crippen LogP contribution in [-0.4, -0.2) is 11.9 Å². The highest BCUT2D eigenvalue weighted by atomic mass is 14.9. The number of aliphatic imine (C=N–C) groups is 1. The van der Waals surface area contributed by atoms with Gasteiger partial charge in [0.1, 0.15) is 0 Å². The molecule has 0 aromatic rings. The van der Waals surface area contributed by atoms with E-state index in [9.17, 15) is 0 Å². The minimum atomic E-state index is 0.500.